The Bertz CT molecular complexity index is 1110. The molecule has 11 heteroatoms. The summed E-state index contributed by atoms with van der Waals surface area (Å²) in [7, 11) is -4.64. The number of carbonyl (C=O) groups is 2. The van der Waals surface area contributed by atoms with Crippen LogP contribution in [0.15, 0.2) is 36.5 Å². The lowest BCUT2D eigenvalue weighted by Crippen LogP contribution is -2.28. The van der Waals surface area contributed by atoms with Crippen molar-refractivity contribution >= 4 is 19.8 Å². The van der Waals surface area contributed by atoms with Crippen LogP contribution in [-0.2, 0) is 32.7 Å². The minimum absolute atomic E-state index is 0.182. The number of phosphoric ester groups is 1. The number of hydrogen-bond donors (Lipinski definition) is 3. The van der Waals surface area contributed by atoms with Gasteiger partial charge in [0.05, 0.1) is 26.4 Å². The van der Waals surface area contributed by atoms with Crippen molar-refractivity contribution < 1.29 is 47.8 Å². The van der Waals surface area contributed by atoms with Crippen LogP contribution >= 0.6 is 7.82 Å². The third kappa shape index (κ3) is 44.6. The molecule has 0 aromatic rings. The van der Waals surface area contributed by atoms with Crippen LogP contribution in [0.1, 0.15) is 232 Å². The summed E-state index contributed by atoms with van der Waals surface area (Å²) in [5, 5.41) is 19.2. The van der Waals surface area contributed by atoms with E-state index >= 15 is 0 Å². The van der Waals surface area contributed by atoms with Gasteiger partial charge in [-0.3, -0.25) is 18.6 Å². The van der Waals surface area contributed by atoms with E-state index in [4.69, 9.17) is 18.5 Å². The van der Waals surface area contributed by atoms with Crippen molar-refractivity contribution in [2.75, 3.05) is 26.4 Å². The molecule has 0 saturated carbocycles. The number of unbranched alkanes of at least 4 members (excludes halogenated alkanes) is 27. The number of aliphatic hydroxyl groups is 2. The first-order valence-electron chi connectivity index (χ1n) is 24.9. The topological polar surface area (TPSA) is 149 Å². The molecule has 3 atom stereocenters. The molecular weight excluding hydrogens is 792 g/mol. The Balaban J connectivity index is 3.83. The van der Waals surface area contributed by atoms with E-state index in [-0.39, 0.29) is 12.8 Å². The van der Waals surface area contributed by atoms with E-state index in [2.05, 4.69) is 50.3 Å². The van der Waals surface area contributed by atoms with Crippen molar-refractivity contribution in [3.8, 4) is 0 Å². The maximum atomic E-state index is 12.4. The molecule has 0 fully saturated rings. The van der Waals surface area contributed by atoms with Gasteiger partial charge in [-0.1, -0.05) is 211 Å². The molecule has 10 nitrogen and oxygen atoms in total. The van der Waals surface area contributed by atoms with Gasteiger partial charge in [-0.2, -0.15) is 0 Å². The zero-order valence-electron chi connectivity index (χ0n) is 39.1. The van der Waals surface area contributed by atoms with Crippen LogP contribution < -0.4 is 0 Å². The minimum atomic E-state index is -4.64. The van der Waals surface area contributed by atoms with Crippen molar-refractivity contribution in [3.05, 3.63) is 36.5 Å². The number of phosphoric acid groups is 1. The van der Waals surface area contributed by atoms with Gasteiger partial charge < -0.3 is 24.6 Å². The molecule has 0 spiro atoms. The third-order valence-corrected chi connectivity index (χ3v) is 11.8. The first-order chi connectivity index (χ1) is 29.8. The van der Waals surface area contributed by atoms with E-state index in [9.17, 15) is 29.3 Å². The standard InChI is InChI=1S/C50H93O10P/c1-3-5-7-9-11-13-15-17-19-21-22-23-24-26-28-30-32-34-36-38-40-42-50(54)60-48(44-52)46-58-61(55,56)57-45-47(43-51)59-49(53)41-39-37-35-33-31-29-27-25-20-18-16-14-12-10-8-6-4-2/h6,8,12,14,18,20,47-48,51-52H,3-5,7,9-11,13,15-17,19,21-46H2,1-2H3,(H,55,56)/b8-6-,14-12-,20-18-. The molecule has 0 saturated heterocycles. The van der Waals surface area contributed by atoms with E-state index in [0.29, 0.717) is 12.8 Å². The first-order valence-corrected chi connectivity index (χ1v) is 26.4. The summed E-state index contributed by atoms with van der Waals surface area (Å²) in [5.74, 6) is -1.02. The lowest BCUT2D eigenvalue weighted by molar-refractivity contribution is -0.153. The summed E-state index contributed by atoms with van der Waals surface area (Å²) >= 11 is 0. The average molecular weight is 885 g/mol. The number of aliphatic hydroxyl groups excluding tert-OH is 2. The molecule has 0 heterocycles. The maximum Gasteiger partial charge on any atom is 0.472 e. The molecule has 0 aromatic carbocycles. The molecule has 0 rings (SSSR count). The summed E-state index contributed by atoms with van der Waals surface area (Å²) in [5.41, 5.74) is 0. The van der Waals surface area contributed by atoms with E-state index in [1.165, 1.54) is 122 Å². The van der Waals surface area contributed by atoms with Crippen LogP contribution in [0.25, 0.3) is 0 Å². The second-order valence-corrected chi connectivity index (χ2v) is 18.2. The van der Waals surface area contributed by atoms with Gasteiger partial charge in [0, 0.05) is 12.8 Å². The predicted octanol–water partition coefficient (Wildman–Crippen LogP) is 13.9. The largest absolute Gasteiger partial charge is 0.472 e. The van der Waals surface area contributed by atoms with Crippen LogP contribution in [0.5, 0.6) is 0 Å². The van der Waals surface area contributed by atoms with E-state index in [1.54, 1.807) is 0 Å². The van der Waals surface area contributed by atoms with Crippen LogP contribution in [-0.4, -0.2) is 65.7 Å². The number of esters is 2. The molecule has 0 aliphatic carbocycles. The van der Waals surface area contributed by atoms with Gasteiger partial charge in [-0.25, -0.2) is 4.57 Å². The highest BCUT2D eigenvalue weighted by atomic mass is 31.2. The number of ether oxygens (including phenoxy) is 2. The molecule has 0 aliphatic rings. The van der Waals surface area contributed by atoms with E-state index in [0.717, 1.165) is 70.6 Å². The SMILES string of the molecule is CC/C=C\C/C=C\C/C=C\CCCCCCCCCC(=O)OC(CO)COP(=O)(O)OCC(CO)OC(=O)CCCCCCCCCCCCCCCCCCCCCCC. The van der Waals surface area contributed by atoms with Gasteiger partial charge in [0.15, 0.2) is 0 Å². The highest BCUT2D eigenvalue weighted by Gasteiger charge is 2.27. The van der Waals surface area contributed by atoms with Crippen LogP contribution in [0.2, 0.25) is 0 Å². The molecule has 0 aliphatic heterocycles. The summed E-state index contributed by atoms with van der Waals surface area (Å²) in [6.45, 7) is 2.13. The zero-order chi connectivity index (χ0) is 44.8. The van der Waals surface area contributed by atoms with Crippen molar-refractivity contribution in [2.24, 2.45) is 0 Å². The highest BCUT2D eigenvalue weighted by molar-refractivity contribution is 7.47. The van der Waals surface area contributed by atoms with Gasteiger partial charge in [-0.05, 0) is 44.9 Å². The fourth-order valence-corrected chi connectivity index (χ4v) is 7.86. The minimum Gasteiger partial charge on any atom is -0.457 e. The molecule has 3 unspecified atom stereocenters. The van der Waals surface area contributed by atoms with Gasteiger partial charge in [0.25, 0.3) is 0 Å². The maximum absolute atomic E-state index is 12.4. The van der Waals surface area contributed by atoms with Crippen molar-refractivity contribution in [3.63, 3.8) is 0 Å². The quantitative estimate of drug-likeness (QED) is 0.0233. The average Bonchev–Trinajstić information content (AvgIpc) is 3.25. The Labute approximate surface area is 373 Å². The van der Waals surface area contributed by atoms with Gasteiger partial charge in [-0.15, -0.1) is 0 Å². The van der Waals surface area contributed by atoms with E-state index < -0.39 is 58.4 Å². The molecular formula is C50H93O10P. The van der Waals surface area contributed by atoms with Crippen molar-refractivity contribution in [1.82, 2.24) is 0 Å². The molecule has 0 aromatic heterocycles. The molecule has 358 valence electrons. The number of carbonyl (C=O) groups excluding carboxylic acids is 2. The summed E-state index contributed by atoms with van der Waals surface area (Å²) < 4.78 is 32.7. The highest BCUT2D eigenvalue weighted by Crippen LogP contribution is 2.43. The normalized spacial score (nSPS) is 14.0. The van der Waals surface area contributed by atoms with Crippen molar-refractivity contribution in [2.45, 2.75) is 244 Å². The fraction of sp³-hybridized carbons (Fsp3) is 0.840. The zero-order valence-corrected chi connectivity index (χ0v) is 40.0. The Hall–Kier alpha value is -1.81. The molecule has 61 heavy (non-hydrogen) atoms. The monoisotopic (exact) mass is 885 g/mol. The van der Waals surface area contributed by atoms with Crippen LogP contribution in [0.3, 0.4) is 0 Å². The van der Waals surface area contributed by atoms with Crippen molar-refractivity contribution in [1.29, 1.82) is 0 Å². The molecule has 3 N–H and O–H groups in total. The lowest BCUT2D eigenvalue weighted by atomic mass is 10.0. The fourth-order valence-electron chi connectivity index (χ4n) is 7.07. The molecule has 0 amide bonds. The van der Waals surface area contributed by atoms with Gasteiger partial charge in [0.2, 0.25) is 0 Å². The Morgan fingerprint density at radius 2 is 0.770 bits per heavy atom. The number of rotatable bonds is 47. The second-order valence-electron chi connectivity index (χ2n) is 16.8. The Morgan fingerprint density at radius 3 is 1.11 bits per heavy atom. The number of hydrogen-bond acceptors (Lipinski definition) is 9. The lowest BCUT2D eigenvalue weighted by Gasteiger charge is -2.20. The molecule has 0 bridgehead atoms. The Morgan fingerprint density at radius 1 is 0.459 bits per heavy atom. The first kappa shape index (κ1) is 59.2. The predicted molar refractivity (Wildman–Crippen MR) is 251 cm³/mol. The third-order valence-electron chi connectivity index (χ3n) is 10.9. The summed E-state index contributed by atoms with van der Waals surface area (Å²) in [6.07, 6.45) is 49.8. The van der Waals surface area contributed by atoms with Crippen LogP contribution in [0, 0.1) is 0 Å². The van der Waals surface area contributed by atoms with E-state index in [1.807, 2.05) is 0 Å². The van der Waals surface area contributed by atoms with Crippen LogP contribution in [0.4, 0.5) is 0 Å². The molecule has 0 radical (unpaired) electrons. The smallest absolute Gasteiger partial charge is 0.457 e. The summed E-state index contributed by atoms with van der Waals surface area (Å²) in [4.78, 5) is 34.6. The summed E-state index contributed by atoms with van der Waals surface area (Å²) in [6, 6.07) is 0. The number of allylic oxidation sites excluding steroid dienone is 6. The van der Waals surface area contributed by atoms with Gasteiger partial charge in [0.1, 0.15) is 12.2 Å². The van der Waals surface area contributed by atoms with Gasteiger partial charge >= 0.3 is 19.8 Å². The Kier molecular flexibility index (Phi) is 44.8. The second kappa shape index (κ2) is 46.2.